The van der Waals surface area contributed by atoms with Crippen LogP contribution in [0, 0.1) is 5.82 Å². The van der Waals surface area contributed by atoms with Gasteiger partial charge in [-0.25, -0.2) is 14.0 Å². The molecule has 21 heavy (non-hydrogen) atoms. The Kier molecular flexibility index (Phi) is 3.89. The highest BCUT2D eigenvalue weighted by atomic mass is 19.1. The van der Waals surface area contributed by atoms with Crippen molar-refractivity contribution in [3.8, 4) is 16.9 Å². The number of hydrogen-bond acceptors (Lipinski definition) is 3. The number of carboxylic acids is 2. The molecule has 0 aliphatic carbocycles. The number of aromatic carboxylic acids is 2. The number of carbonyl (C=O) groups is 2. The number of hydrogen-bond donors (Lipinski definition) is 2. The van der Waals surface area contributed by atoms with Crippen molar-refractivity contribution in [2.75, 3.05) is 7.11 Å². The van der Waals surface area contributed by atoms with E-state index in [2.05, 4.69) is 0 Å². The van der Waals surface area contributed by atoms with Gasteiger partial charge in [-0.15, -0.1) is 0 Å². The minimum absolute atomic E-state index is 0.00734. The molecule has 0 amide bonds. The highest BCUT2D eigenvalue weighted by molar-refractivity contribution is 5.91. The van der Waals surface area contributed by atoms with Gasteiger partial charge in [0.05, 0.1) is 18.2 Å². The molecular formula is C15H11FO5. The fourth-order valence-electron chi connectivity index (χ4n) is 1.88. The molecule has 0 bridgehead atoms. The summed E-state index contributed by atoms with van der Waals surface area (Å²) in [6, 6.07) is 7.83. The lowest BCUT2D eigenvalue weighted by atomic mass is 10.0. The second kappa shape index (κ2) is 5.62. The van der Waals surface area contributed by atoms with Crippen LogP contribution in [0.25, 0.3) is 11.1 Å². The van der Waals surface area contributed by atoms with Gasteiger partial charge in [0.25, 0.3) is 0 Å². The van der Waals surface area contributed by atoms with Crippen LogP contribution in [0.3, 0.4) is 0 Å². The van der Waals surface area contributed by atoms with Gasteiger partial charge >= 0.3 is 11.9 Å². The maximum atomic E-state index is 13.7. The largest absolute Gasteiger partial charge is 0.497 e. The van der Waals surface area contributed by atoms with Crippen LogP contribution >= 0.6 is 0 Å². The molecule has 108 valence electrons. The van der Waals surface area contributed by atoms with Crippen molar-refractivity contribution in [1.82, 2.24) is 0 Å². The summed E-state index contributed by atoms with van der Waals surface area (Å²) in [5.74, 6) is -3.08. The van der Waals surface area contributed by atoms with E-state index < -0.39 is 23.3 Å². The summed E-state index contributed by atoms with van der Waals surface area (Å²) in [4.78, 5) is 21.8. The van der Waals surface area contributed by atoms with Crippen LogP contribution in [0.5, 0.6) is 5.75 Å². The Morgan fingerprint density at radius 1 is 1.00 bits per heavy atom. The second-order valence-electron chi connectivity index (χ2n) is 4.26. The first-order valence-corrected chi connectivity index (χ1v) is 5.88. The molecule has 0 radical (unpaired) electrons. The molecule has 0 heterocycles. The minimum atomic E-state index is -1.36. The lowest BCUT2D eigenvalue weighted by Crippen LogP contribution is -2.01. The monoisotopic (exact) mass is 290 g/mol. The zero-order valence-corrected chi connectivity index (χ0v) is 11.0. The zero-order chi connectivity index (χ0) is 15.6. The molecule has 0 saturated heterocycles. The Morgan fingerprint density at radius 3 is 2.24 bits per heavy atom. The van der Waals surface area contributed by atoms with E-state index >= 15 is 0 Å². The van der Waals surface area contributed by atoms with Gasteiger partial charge in [-0.3, -0.25) is 0 Å². The maximum Gasteiger partial charge on any atom is 0.338 e. The lowest BCUT2D eigenvalue weighted by Gasteiger charge is -2.08. The maximum absolute atomic E-state index is 13.7. The Bertz CT molecular complexity index is 724. The van der Waals surface area contributed by atoms with Crippen molar-refractivity contribution in [2.24, 2.45) is 0 Å². The zero-order valence-electron chi connectivity index (χ0n) is 11.0. The van der Waals surface area contributed by atoms with Crippen LogP contribution in [0.1, 0.15) is 20.7 Å². The van der Waals surface area contributed by atoms with Crippen molar-refractivity contribution < 1.29 is 28.9 Å². The molecule has 0 atom stereocenters. The van der Waals surface area contributed by atoms with Gasteiger partial charge < -0.3 is 14.9 Å². The molecule has 0 aliphatic rings. The molecule has 0 fully saturated rings. The summed E-state index contributed by atoms with van der Waals surface area (Å²) in [6.45, 7) is 0. The predicted molar refractivity (Wildman–Crippen MR) is 72.3 cm³/mol. The molecule has 2 aromatic carbocycles. The summed E-state index contributed by atoms with van der Waals surface area (Å²) in [5.41, 5.74) is 0.327. The SMILES string of the molecule is COc1cc(C(=O)O)cc(-c2ccc(C(=O)O)c(F)c2)c1. The first-order valence-electron chi connectivity index (χ1n) is 5.88. The molecule has 0 aliphatic heterocycles. The van der Waals surface area contributed by atoms with Crippen molar-refractivity contribution >= 4 is 11.9 Å². The van der Waals surface area contributed by atoms with E-state index in [1.54, 1.807) is 6.07 Å². The fraction of sp³-hybridized carbons (Fsp3) is 0.0667. The molecule has 2 N–H and O–H groups in total. The van der Waals surface area contributed by atoms with Gasteiger partial charge in [0.1, 0.15) is 11.6 Å². The molecular weight excluding hydrogens is 279 g/mol. The number of carboxylic acid groups (broad SMARTS) is 2. The highest BCUT2D eigenvalue weighted by Gasteiger charge is 2.13. The summed E-state index contributed by atoms with van der Waals surface area (Å²) >= 11 is 0. The van der Waals surface area contributed by atoms with E-state index in [1.165, 1.54) is 25.3 Å². The summed E-state index contributed by atoms with van der Waals surface area (Å²) in [7, 11) is 1.39. The van der Waals surface area contributed by atoms with Crippen LogP contribution in [-0.4, -0.2) is 29.3 Å². The number of ether oxygens (including phenoxy) is 1. The normalized spacial score (nSPS) is 10.2. The average molecular weight is 290 g/mol. The van der Waals surface area contributed by atoms with E-state index in [9.17, 15) is 14.0 Å². The lowest BCUT2D eigenvalue weighted by molar-refractivity contribution is 0.0683. The van der Waals surface area contributed by atoms with Crippen molar-refractivity contribution in [3.63, 3.8) is 0 Å². The van der Waals surface area contributed by atoms with Crippen molar-refractivity contribution in [2.45, 2.75) is 0 Å². The van der Waals surface area contributed by atoms with Crippen LogP contribution in [0.4, 0.5) is 4.39 Å². The molecule has 0 saturated carbocycles. The van der Waals surface area contributed by atoms with Crippen LogP contribution in [0.15, 0.2) is 36.4 Å². The third-order valence-electron chi connectivity index (χ3n) is 2.92. The highest BCUT2D eigenvalue weighted by Crippen LogP contribution is 2.27. The molecule has 0 aromatic heterocycles. The standard InChI is InChI=1S/C15H11FO5/c1-21-11-5-9(4-10(6-11)14(17)18)8-2-3-12(15(19)20)13(16)7-8/h2-7H,1H3,(H,17,18)(H,19,20). The van der Waals surface area contributed by atoms with E-state index in [1.807, 2.05) is 0 Å². The molecule has 0 unspecified atom stereocenters. The minimum Gasteiger partial charge on any atom is -0.497 e. The number of methoxy groups -OCH3 is 1. The predicted octanol–water partition coefficient (Wildman–Crippen LogP) is 2.90. The van der Waals surface area contributed by atoms with Crippen LogP contribution in [-0.2, 0) is 0 Å². The van der Waals surface area contributed by atoms with E-state index in [0.29, 0.717) is 16.9 Å². The third-order valence-corrected chi connectivity index (χ3v) is 2.92. The van der Waals surface area contributed by atoms with E-state index in [-0.39, 0.29) is 5.56 Å². The molecule has 2 rings (SSSR count). The van der Waals surface area contributed by atoms with Gasteiger partial charge in [0, 0.05) is 0 Å². The van der Waals surface area contributed by atoms with Crippen LogP contribution in [0.2, 0.25) is 0 Å². The van der Waals surface area contributed by atoms with Crippen LogP contribution < -0.4 is 4.74 Å². The Morgan fingerprint density at radius 2 is 1.71 bits per heavy atom. The van der Waals surface area contributed by atoms with Gasteiger partial charge in [0.2, 0.25) is 0 Å². The van der Waals surface area contributed by atoms with Gasteiger partial charge in [-0.2, -0.15) is 0 Å². The Balaban J connectivity index is 2.55. The first kappa shape index (κ1) is 14.5. The third kappa shape index (κ3) is 3.00. The molecule has 0 spiro atoms. The van der Waals surface area contributed by atoms with Crippen molar-refractivity contribution in [1.29, 1.82) is 0 Å². The molecule has 6 heteroatoms. The van der Waals surface area contributed by atoms with Gasteiger partial charge in [0.15, 0.2) is 0 Å². The second-order valence-corrected chi connectivity index (χ2v) is 4.26. The number of rotatable bonds is 4. The Labute approximate surface area is 119 Å². The van der Waals surface area contributed by atoms with E-state index in [4.69, 9.17) is 14.9 Å². The quantitative estimate of drug-likeness (QED) is 0.904. The first-order chi connectivity index (χ1) is 9.92. The molecule has 2 aromatic rings. The van der Waals surface area contributed by atoms with Gasteiger partial charge in [-0.05, 0) is 41.5 Å². The number of benzene rings is 2. The summed E-state index contributed by atoms with van der Waals surface area (Å²) < 4.78 is 18.7. The topological polar surface area (TPSA) is 83.8 Å². The Hall–Kier alpha value is -2.89. The van der Waals surface area contributed by atoms with Gasteiger partial charge in [-0.1, -0.05) is 6.07 Å². The summed E-state index contributed by atoms with van der Waals surface area (Å²) in [5, 5.41) is 17.8. The van der Waals surface area contributed by atoms with E-state index in [0.717, 1.165) is 12.1 Å². The number of halogens is 1. The smallest absolute Gasteiger partial charge is 0.338 e. The summed E-state index contributed by atoms with van der Waals surface area (Å²) in [6.07, 6.45) is 0. The average Bonchev–Trinajstić information content (AvgIpc) is 2.46. The molecule has 5 nitrogen and oxygen atoms in total. The fourth-order valence-corrected chi connectivity index (χ4v) is 1.88. The van der Waals surface area contributed by atoms with Crippen molar-refractivity contribution in [3.05, 3.63) is 53.3 Å².